The molecule has 2 fully saturated rings. The summed E-state index contributed by atoms with van der Waals surface area (Å²) in [6, 6.07) is 2.37. The van der Waals surface area contributed by atoms with Crippen LogP contribution in [0.3, 0.4) is 0 Å². The number of nitrogens with zero attached hydrogens (tertiary/aromatic N) is 1. The maximum Gasteiger partial charge on any atom is 0.417 e. The van der Waals surface area contributed by atoms with Crippen molar-refractivity contribution in [2.45, 2.75) is 43.8 Å². The number of carbonyl (C=O) groups is 4. The van der Waals surface area contributed by atoms with E-state index in [1.165, 1.54) is 11.0 Å². The van der Waals surface area contributed by atoms with E-state index in [0.29, 0.717) is 12.8 Å². The van der Waals surface area contributed by atoms with Gasteiger partial charge in [-0.2, -0.15) is 13.2 Å². The molecule has 9 nitrogen and oxygen atoms in total. The molecule has 3 amide bonds. The lowest BCUT2D eigenvalue weighted by molar-refractivity contribution is -0.155. The summed E-state index contributed by atoms with van der Waals surface area (Å²) in [5.41, 5.74) is -1.73. The molecule has 1 aromatic carbocycles. The van der Waals surface area contributed by atoms with Crippen LogP contribution in [-0.2, 0) is 25.3 Å². The minimum atomic E-state index is -4.73. The van der Waals surface area contributed by atoms with Crippen LogP contribution in [0.2, 0.25) is 0 Å². The van der Waals surface area contributed by atoms with Crippen LogP contribution in [0.1, 0.15) is 35.2 Å². The number of benzene rings is 1. The second kappa shape index (κ2) is 8.92. The summed E-state index contributed by atoms with van der Waals surface area (Å²) in [6.07, 6.45) is -5.60. The number of nitrogens with one attached hydrogen (secondary N) is 2. The molecule has 2 aliphatic heterocycles. The zero-order valence-electron chi connectivity index (χ0n) is 16.1. The predicted octanol–water partition coefficient (Wildman–Crippen LogP) is 0.176. The third-order valence-electron chi connectivity index (χ3n) is 5.06. The molecule has 2 saturated heterocycles. The highest BCUT2D eigenvalue weighted by Crippen LogP contribution is 2.31. The van der Waals surface area contributed by atoms with E-state index in [1.54, 1.807) is 0 Å². The lowest BCUT2D eigenvalue weighted by atomic mass is 10.1. The Morgan fingerprint density at radius 2 is 1.94 bits per heavy atom. The number of likely N-dealkylation sites (tertiary alicyclic amines) is 1. The molecule has 31 heavy (non-hydrogen) atoms. The first-order chi connectivity index (χ1) is 14.6. The Bertz CT molecular complexity index is 891. The molecule has 0 unspecified atom stereocenters. The number of rotatable bonds is 5. The number of carbonyl (C=O) groups excluding carboxylic acids is 4. The fourth-order valence-corrected chi connectivity index (χ4v) is 3.57. The normalized spacial score (nSPS) is 23.4. The third kappa shape index (κ3) is 5.13. The van der Waals surface area contributed by atoms with Crippen molar-refractivity contribution in [2.75, 3.05) is 13.1 Å². The number of hydrogen-bond donors (Lipinski definition) is 3. The van der Waals surface area contributed by atoms with Crippen molar-refractivity contribution in [3.8, 4) is 0 Å². The zero-order chi connectivity index (χ0) is 22.8. The second-order valence-corrected chi connectivity index (χ2v) is 7.17. The van der Waals surface area contributed by atoms with Crippen LogP contribution in [0.5, 0.6) is 0 Å². The van der Waals surface area contributed by atoms with E-state index in [4.69, 9.17) is 0 Å². The average Bonchev–Trinajstić information content (AvgIpc) is 3.31. The second-order valence-electron chi connectivity index (χ2n) is 7.17. The van der Waals surface area contributed by atoms with Gasteiger partial charge in [0.15, 0.2) is 0 Å². The van der Waals surface area contributed by atoms with Crippen LogP contribution in [0, 0.1) is 0 Å². The van der Waals surface area contributed by atoms with Crippen LogP contribution in [0.15, 0.2) is 24.3 Å². The van der Waals surface area contributed by atoms with Gasteiger partial charge in [0.25, 0.3) is 5.91 Å². The first kappa shape index (κ1) is 22.5. The molecule has 3 N–H and O–H groups in total. The Morgan fingerprint density at radius 1 is 1.23 bits per heavy atom. The lowest BCUT2D eigenvalue weighted by Gasteiger charge is -2.25. The van der Waals surface area contributed by atoms with Crippen LogP contribution in [0.4, 0.5) is 13.2 Å². The Morgan fingerprint density at radius 3 is 2.58 bits per heavy atom. The fraction of sp³-hybridized carbons (Fsp3) is 0.474. The Hall–Kier alpha value is -3.15. The molecule has 0 radical (unpaired) electrons. The van der Waals surface area contributed by atoms with Gasteiger partial charge >= 0.3 is 12.1 Å². The molecule has 168 valence electrons. The topological polar surface area (TPSA) is 125 Å². The molecule has 12 heteroatoms. The number of hydrogen-bond acceptors (Lipinski definition) is 6. The first-order valence-electron chi connectivity index (χ1n) is 9.49. The number of alkyl halides is 3. The van der Waals surface area contributed by atoms with Gasteiger partial charge < -0.3 is 25.4 Å². The van der Waals surface area contributed by atoms with Gasteiger partial charge in [-0.15, -0.1) is 0 Å². The minimum Gasteiger partial charge on any atom is -0.434 e. The largest absolute Gasteiger partial charge is 0.434 e. The van der Waals surface area contributed by atoms with Gasteiger partial charge in [0, 0.05) is 6.54 Å². The maximum absolute atomic E-state index is 13.1. The predicted molar refractivity (Wildman–Crippen MR) is 97.2 cm³/mol. The summed E-state index contributed by atoms with van der Waals surface area (Å²) in [5.74, 6) is -2.97. The lowest BCUT2D eigenvalue weighted by Crippen LogP contribution is -2.52. The van der Waals surface area contributed by atoms with Crippen molar-refractivity contribution >= 4 is 23.7 Å². The molecule has 0 bridgehead atoms. The number of halogens is 3. The highest BCUT2D eigenvalue weighted by atomic mass is 19.4. The van der Waals surface area contributed by atoms with Crippen molar-refractivity contribution in [2.24, 2.45) is 0 Å². The van der Waals surface area contributed by atoms with Crippen molar-refractivity contribution in [1.82, 2.24) is 15.5 Å². The molecule has 3 rings (SSSR count). The third-order valence-corrected chi connectivity index (χ3v) is 5.06. The Labute approximate surface area is 174 Å². The molecule has 2 heterocycles. The van der Waals surface area contributed by atoms with E-state index in [0.717, 1.165) is 18.2 Å². The molecule has 0 aliphatic carbocycles. The Balaban J connectivity index is 1.59. The van der Waals surface area contributed by atoms with Crippen molar-refractivity contribution in [1.29, 1.82) is 0 Å². The standard InChI is InChI=1S/C19H20F3N3O6/c20-19(21,22)11-5-2-1-4-10(11)16(28)23-9-14(26)25-7-3-6-13(25)17(29)24-12-8-15(27)31-18(12)30/h1-2,4-5,12-13,18,30H,3,6-9H2,(H,23,28)(H,24,29)/t12-,13-,18+/m0/s1. The summed E-state index contributed by atoms with van der Waals surface area (Å²) >= 11 is 0. The molecule has 0 saturated carbocycles. The van der Waals surface area contributed by atoms with E-state index in [2.05, 4.69) is 15.4 Å². The van der Waals surface area contributed by atoms with E-state index >= 15 is 0 Å². The van der Waals surface area contributed by atoms with Gasteiger partial charge in [0.05, 0.1) is 24.1 Å². The number of amides is 3. The molecule has 2 aliphatic rings. The monoisotopic (exact) mass is 443 g/mol. The molecule has 0 aromatic heterocycles. The SMILES string of the molecule is O=C1C[C@H](NC(=O)[C@@H]2CCCN2C(=O)CNC(=O)c2ccccc2C(F)(F)F)[C@H](O)O1. The Kier molecular flexibility index (Phi) is 6.48. The van der Waals surface area contributed by atoms with Gasteiger partial charge in [-0.05, 0) is 25.0 Å². The van der Waals surface area contributed by atoms with E-state index in [9.17, 15) is 37.5 Å². The number of ether oxygens (including phenoxy) is 1. The molecule has 0 spiro atoms. The summed E-state index contributed by atoms with van der Waals surface area (Å²) in [4.78, 5) is 49.6. The quantitative estimate of drug-likeness (QED) is 0.558. The molecule has 3 atom stereocenters. The highest BCUT2D eigenvalue weighted by Gasteiger charge is 2.40. The summed E-state index contributed by atoms with van der Waals surface area (Å²) in [7, 11) is 0. The van der Waals surface area contributed by atoms with Crippen LogP contribution < -0.4 is 10.6 Å². The van der Waals surface area contributed by atoms with Crippen LogP contribution in [0.25, 0.3) is 0 Å². The van der Waals surface area contributed by atoms with Crippen molar-refractivity contribution in [3.63, 3.8) is 0 Å². The van der Waals surface area contributed by atoms with Crippen molar-refractivity contribution < 1.29 is 42.2 Å². The van der Waals surface area contributed by atoms with E-state index < -0.39 is 65.9 Å². The smallest absolute Gasteiger partial charge is 0.417 e. The highest BCUT2D eigenvalue weighted by molar-refractivity contribution is 5.98. The maximum atomic E-state index is 13.1. The minimum absolute atomic E-state index is 0.206. The van der Waals surface area contributed by atoms with Crippen LogP contribution >= 0.6 is 0 Å². The van der Waals surface area contributed by atoms with Gasteiger partial charge in [-0.1, -0.05) is 12.1 Å². The van der Waals surface area contributed by atoms with Crippen molar-refractivity contribution in [3.05, 3.63) is 35.4 Å². The molecular weight excluding hydrogens is 423 g/mol. The van der Waals surface area contributed by atoms with Gasteiger partial charge in [0.2, 0.25) is 18.1 Å². The summed E-state index contributed by atoms with van der Waals surface area (Å²) in [6.45, 7) is -0.378. The molecule has 1 aromatic rings. The van der Waals surface area contributed by atoms with Gasteiger partial charge in [-0.25, -0.2) is 0 Å². The average molecular weight is 443 g/mol. The summed E-state index contributed by atoms with van der Waals surface area (Å²) < 4.78 is 43.7. The number of cyclic esters (lactones) is 1. The summed E-state index contributed by atoms with van der Waals surface area (Å²) in [5, 5.41) is 14.2. The van der Waals surface area contributed by atoms with Crippen LogP contribution in [-0.4, -0.2) is 65.2 Å². The number of esters is 1. The number of aliphatic hydroxyl groups is 1. The van der Waals surface area contributed by atoms with Gasteiger partial charge in [0.1, 0.15) is 12.1 Å². The number of aliphatic hydroxyl groups excluding tert-OH is 1. The zero-order valence-corrected chi connectivity index (χ0v) is 16.1. The fourth-order valence-electron chi connectivity index (χ4n) is 3.57. The van der Waals surface area contributed by atoms with E-state index in [1.807, 2.05) is 0 Å². The first-order valence-corrected chi connectivity index (χ1v) is 9.49. The molecular formula is C19H20F3N3O6. The van der Waals surface area contributed by atoms with E-state index in [-0.39, 0.29) is 13.0 Å². The van der Waals surface area contributed by atoms with Gasteiger partial charge in [-0.3, -0.25) is 19.2 Å².